The van der Waals surface area contributed by atoms with Crippen LogP contribution in [0, 0.1) is 6.92 Å². The van der Waals surface area contributed by atoms with Gasteiger partial charge in [0, 0.05) is 23.5 Å². The maximum atomic E-state index is 13.6. The highest BCUT2D eigenvalue weighted by atomic mass is 127. The smallest absolute Gasteiger partial charge is 0.269 e. The molecule has 0 radical (unpaired) electrons. The fourth-order valence-corrected chi connectivity index (χ4v) is 8.92. The number of thiazole rings is 2. The molecular formula is C35H34IN3OS3. The molecule has 5 aromatic rings. The molecule has 0 N–H and O–H groups in total. The Morgan fingerprint density at radius 1 is 0.837 bits per heavy atom. The lowest BCUT2D eigenvalue weighted by Crippen LogP contribution is -3.00. The molecule has 3 heterocycles. The van der Waals surface area contributed by atoms with Crippen LogP contribution in [0.3, 0.4) is 0 Å². The molecule has 0 spiro atoms. The van der Waals surface area contributed by atoms with Gasteiger partial charge in [-0.1, -0.05) is 77.7 Å². The maximum absolute atomic E-state index is 13.6. The first-order chi connectivity index (χ1) is 20.5. The number of thioether (sulfide) groups is 1. The van der Waals surface area contributed by atoms with Crippen LogP contribution < -0.4 is 48.2 Å². The van der Waals surface area contributed by atoms with Crippen molar-refractivity contribution in [3.8, 4) is 21.7 Å². The summed E-state index contributed by atoms with van der Waals surface area (Å²) in [6, 6.07) is 27.8. The number of nitrogens with zero attached hydrogens (tertiary/aromatic N) is 3. The summed E-state index contributed by atoms with van der Waals surface area (Å²) in [4.78, 5) is 18.4. The fraction of sp³-hybridized carbons (Fsp3) is 0.200. The van der Waals surface area contributed by atoms with Crippen LogP contribution >= 0.6 is 34.4 Å². The Hall–Kier alpha value is -2.92. The van der Waals surface area contributed by atoms with Crippen molar-refractivity contribution in [2.24, 2.45) is 0 Å². The molecule has 6 rings (SSSR count). The van der Waals surface area contributed by atoms with Gasteiger partial charge in [-0.05, 0) is 75.2 Å². The molecule has 3 aromatic carbocycles. The molecule has 220 valence electrons. The van der Waals surface area contributed by atoms with Gasteiger partial charge < -0.3 is 28.9 Å². The van der Waals surface area contributed by atoms with E-state index in [0.29, 0.717) is 6.54 Å². The van der Waals surface area contributed by atoms with E-state index >= 15 is 0 Å². The molecule has 43 heavy (non-hydrogen) atoms. The zero-order valence-electron chi connectivity index (χ0n) is 24.7. The maximum Gasteiger partial charge on any atom is 0.269 e. The molecule has 0 unspecified atom stereocenters. The van der Waals surface area contributed by atoms with Crippen molar-refractivity contribution in [3.05, 3.63) is 120 Å². The summed E-state index contributed by atoms with van der Waals surface area (Å²) >= 11 is 5.12. The molecule has 0 fully saturated rings. The second-order valence-corrected chi connectivity index (χ2v) is 13.2. The van der Waals surface area contributed by atoms with Gasteiger partial charge in [0.1, 0.15) is 16.1 Å². The van der Waals surface area contributed by atoms with Gasteiger partial charge in [0.05, 0.1) is 21.3 Å². The predicted octanol–water partition coefficient (Wildman–Crippen LogP) is 4.03. The number of hydrogen-bond donors (Lipinski definition) is 0. The fourth-order valence-electron chi connectivity index (χ4n) is 5.40. The van der Waals surface area contributed by atoms with E-state index in [9.17, 15) is 4.79 Å². The average molecular weight is 736 g/mol. The van der Waals surface area contributed by atoms with Crippen molar-refractivity contribution >= 4 is 52.3 Å². The third kappa shape index (κ3) is 6.20. The quantitative estimate of drug-likeness (QED) is 0.187. The van der Waals surface area contributed by atoms with Crippen molar-refractivity contribution in [1.29, 1.82) is 0 Å². The van der Waals surface area contributed by atoms with Crippen LogP contribution in [0.1, 0.15) is 31.3 Å². The van der Waals surface area contributed by atoms with Crippen molar-refractivity contribution in [2.45, 2.75) is 45.7 Å². The summed E-state index contributed by atoms with van der Waals surface area (Å²) in [5.74, 6) is 0. The average Bonchev–Trinajstić information content (AvgIpc) is 3.66. The highest BCUT2D eigenvalue weighted by molar-refractivity contribution is 8.03. The molecule has 1 aliphatic heterocycles. The monoisotopic (exact) mass is 735 g/mol. The summed E-state index contributed by atoms with van der Waals surface area (Å²) in [5, 5.41) is 2.29. The lowest BCUT2D eigenvalue weighted by Gasteiger charge is -2.17. The van der Waals surface area contributed by atoms with Crippen molar-refractivity contribution < 1.29 is 28.5 Å². The zero-order chi connectivity index (χ0) is 29.2. The highest BCUT2D eigenvalue weighted by Gasteiger charge is 2.27. The first kappa shape index (κ1) is 31.5. The van der Waals surface area contributed by atoms with Gasteiger partial charge in [-0.3, -0.25) is 9.36 Å². The minimum Gasteiger partial charge on any atom is -1.00 e. The molecule has 4 nitrogen and oxygen atoms in total. The van der Waals surface area contributed by atoms with E-state index in [1.807, 2.05) is 17.6 Å². The number of halogens is 1. The molecule has 0 saturated heterocycles. The Kier molecular flexibility index (Phi) is 10.1. The number of aryl methyl sites for hydroxylation is 1. The van der Waals surface area contributed by atoms with Crippen molar-refractivity contribution in [1.82, 2.24) is 4.57 Å². The summed E-state index contributed by atoms with van der Waals surface area (Å²) in [5.41, 5.74) is 6.18. The van der Waals surface area contributed by atoms with Crippen LogP contribution in [-0.2, 0) is 13.1 Å². The van der Waals surface area contributed by atoms with E-state index < -0.39 is 0 Å². The number of rotatable bonds is 7. The topological polar surface area (TPSA) is 29.1 Å². The van der Waals surface area contributed by atoms with Crippen LogP contribution in [0.25, 0.3) is 33.9 Å². The Morgan fingerprint density at radius 3 is 2.19 bits per heavy atom. The number of anilines is 1. The van der Waals surface area contributed by atoms with Crippen LogP contribution in [0.2, 0.25) is 0 Å². The Labute approximate surface area is 282 Å². The number of allylic oxidation sites excluding steroid dienone is 1. The Balaban J connectivity index is 0.00000368. The molecule has 2 aromatic heterocycles. The number of benzene rings is 3. The second kappa shape index (κ2) is 13.8. The molecule has 0 saturated carbocycles. The van der Waals surface area contributed by atoms with Gasteiger partial charge in [-0.2, -0.15) is 4.57 Å². The van der Waals surface area contributed by atoms with E-state index in [1.54, 1.807) is 34.4 Å². The minimum atomic E-state index is 0. The predicted molar refractivity (Wildman–Crippen MR) is 181 cm³/mol. The number of hydrogen-bond acceptors (Lipinski definition) is 5. The first-order valence-electron chi connectivity index (χ1n) is 14.4. The molecule has 0 bridgehead atoms. The lowest BCUT2D eigenvalue weighted by molar-refractivity contribution is -0.679. The van der Waals surface area contributed by atoms with E-state index in [1.165, 1.54) is 37.8 Å². The first-order valence-corrected chi connectivity index (χ1v) is 16.8. The van der Waals surface area contributed by atoms with E-state index in [-0.39, 0.29) is 29.5 Å². The Morgan fingerprint density at radius 2 is 1.53 bits per heavy atom. The van der Waals surface area contributed by atoms with Gasteiger partial charge in [0.15, 0.2) is 0 Å². The van der Waals surface area contributed by atoms with Crippen LogP contribution in [0.5, 0.6) is 0 Å². The van der Waals surface area contributed by atoms with Crippen molar-refractivity contribution in [3.63, 3.8) is 0 Å². The molecule has 1 aliphatic rings. The lowest BCUT2D eigenvalue weighted by atomic mass is 10.1. The van der Waals surface area contributed by atoms with Crippen LogP contribution in [0.15, 0.2) is 99.7 Å². The van der Waals surface area contributed by atoms with Gasteiger partial charge in [0.2, 0.25) is 5.69 Å². The Bertz CT molecular complexity index is 1960. The van der Waals surface area contributed by atoms with Gasteiger partial charge in [0.25, 0.3) is 10.6 Å². The zero-order valence-corrected chi connectivity index (χ0v) is 29.3. The normalized spacial score (nSPS) is 14.4. The van der Waals surface area contributed by atoms with E-state index in [0.717, 1.165) is 32.3 Å². The van der Waals surface area contributed by atoms with E-state index in [4.69, 9.17) is 0 Å². The molecule has 8 heteroatoms. The molecular weight excluding hydrogens is 702 g/mol. The third-order valence-corrected chi connectivity index (χ3v) is 10.8. The molecule has 0 aliphatic carbocycles. The second-order valence-electron chi connectivity index (χ2n) is 10.1. The minimum absolute atomic E-state index is 0. The van der Waals surface area contributed by atoms with Gasteiger partial charge in [-0.15, -0.1) is 11.3 Å². The third-order valence-electron chi connectivity index (χ3n) is 7.44. The van der Waals surface area contributed by atoms with E-state index in [2.05, 4.69) is 121 Å². The summed E-state index contributed by atoms with van der Waals surface area (Å²) in [7, 11) is 0. The highest BCUT2D eigenvalue weighted by Crippen LogP contribution is 2.46. The number of aromatic nitrogens is 2. The molecule has 0 atom stereocenters. The van der Waals surface area contributed by atoms with Gasteiger partial charge >= 0.3 is 0 Å². The summed E-state index contributed by atoms with van der Waals surface area (Å²) < 4.78 is 6.01. The van der Waals surface area contributed by atoms with Crippen LogP contribution in [-0.4, -0.2) is 11.1 Å². The molecule has 0 amide bonds. The van der Waals surface area contributed by atoms with Crippen LogP contribution in [0.4, 0.5) is 5.69 Å². The summed E-state index contributed by atoms with van der Waals surface area (Å²) in [6.07, 6.45) is 6.32. The largest absolute Gasteiger partial charge is 1.00 e. The SMILES string of the molecule is CCN1C(=CC=c2s/c(=C/c3sc(-c4ccccc4)c(-c4ccccc4)[n+]3CC)n(CC)c2=O)Sc2ccc(C)cc21.[I-]. The van der Waals surface area contributed by atoms with Gasteiger partial charge in [-0.25, -0.2) is 0 Å². The number of fused-ring (bicyclic) bond motifs is 1. The van der Waals surface area contributed by atoms with Crippen molar-refractivity contribution in [2.75, 3.05) is 11.4 Å². The standard InChI is InChI=1S/C35H34N3OS3.HI/c1-5-36-27-22-24(4)18-19-28(27)40-30(36)21-20-29-35(39)38(7-3)32(41-29)23-31-37(6-2)33(25-14-10-8-11-15-25)34(42-31)26-16-12-9-13-17-26;/h8-23H,5-7H2,1-4H3;1H/q+1;/p-1. The summed E-state index contributed by atoms with van der Waals surface area (Å²) in [6.45, 7) is 10.9.